The lowest BCUT2D eigenvalue weighted by atomic mass is 10.1. The Morgan fingerprint density at radius 3 is 2.15 bits per heavy atom. The van der Waals surface area contributed by atoms with Crippen LogP contribution in [0, 0.1) is 5.41 Å². The van der Waals surface area contributed by atoms with Crippen LogP contribution in [0.1, 0.15) is 30.2 Å². The van der Waals surface area contributed by atoms with Crippen molar-refractivity contribution in [1.29, 1.82) is 5.41 Å². The van der Waals surface area contributed by atoms with Crippen LogP contribution in [0.3, 0.4) is 0 Å². The summed E-state index contributed by atoms with van der Waals surface area (Å²) >= 11 is 1.67. The minimum Gasteiger partial charge on any atom is -0.494 e. The fourth-order valence-electron chi connectivity index (χ4n) is 3.29. The summed E-state index contributed by atoms with van der Waals surface area (Å²) in [6.07, 6.45) is 2.64. The van der Waals surface area contributed by atoms with E-state index in [4.69, 9.17) is 25.1 Å². The zero-order valence-electron chi connectivity index (χ0n) is 19.6. The first-order valence-corrected chi connectivity index (χ1v) is 12.1. The summed E-state index contributed by atoms with van der Waals surface area (Å²) in [5.74, 6) is 1.50. The first kappa shape index (κ1) is 25.5. The number of aliphatic hydroxyl groups is 1. The summed E-state index contributed by atoms with van der Waals surface area (Å²) in [5.41, 5.74) is 4.47. The summed E-state index contributed by atoms with van der Waals surface area (Å²) in [4.78, 5) is 8.00. The molecule has 0 aliphatic heterocycles. The Kier molecular flexibility index (Phi) is 9.69. The van der Waals surface area contributed by atoms with Crippen LogP contribution >= 0.6 is 11.3 Å². The van der Waals surface area contributed by atoms with Crippen LogP contribution in [0.15, 0.2) is 48.5 Å². The van der Waals surface area contributed by atoms with Gasteiger partial charge in [0.2, 0.25) is 0 Å². The predicted octanol–water partition coefficient (Wildman–Crippen LogP) is 4.34. The zero-order valence-corrected chi connectivity index (χ0v) is 20.4. The van der Waals surface area contributed by atoms with Crippen molar-refractivity contribution < 1.29 is 19.8 Å². The molecule has 0 bridgehead atoms. The topological polar surface area (TPSA) is 111 Å². The number of hydroxylamine groups is 1. The van der Waals surface area contributed by atoms with Crippen molar-refractivity contribution in [3.05, 3.63) is 59.0 Å². The summed E-state index contributed by atoms with van der Waals surface area (Å²) in [6.45, 7) is 3.98. The molecule has 0 aliphatic carbocycles. The first-order valence-electron chi connectivity index (χ1n) is 11.3. The van der Waals surface area contributed by atoms with E-state index in [0.717, 1.165) is 47.2 Å². The standard InChI is InChI=1S/C25H32N4O4S/c1-3-22-23(27-25(34-22)29(2)14-15-30)18-6-10-20(11-7-18)32-16-4-5-17-33-21-12-8-19(9-13-21)24(26)28-31/h6-13,30-31H,3-5,14-17H2,1-2H3,(H2,26,28). The second-order valence-electron chi connectivity index (χ2n) is 7.71. The molecule has 0 aliphatic rings. The van der Waals surface area contributed by atoms with Crippen LogP contribution in [0.5, 0.6) is 11.5 Å². The van der Waals surface area contributed by atoms with E-state index in [0.29, 0.717) is 25.3 Å². The normalized spacial score (nSPS) is 10.7. The molecule has 0 amide bonds. The third kappa shape index (κ3) is 6.93. The molecule has 0 fully saturated rings. The number of aryl methyl sites for hydroxylation is 1. The Hall–Kier alpha value is -3.14. The van der Waals surface area contributed by atoms with Gasteiger partial charge in [-0.2, -0.15) is 0 Å². The van der Waals surface area contributed by atoms with Gasteiger partial charge in [-0.3, -0.25) is 16.1 Å². The Morgan fingerprint density at radius 1 is 1.03 bits per heavy atom. The van der Waals surface area contributed by atoms with Gasteiger partial charge in [-0.1, -0.05) is 6.92 Å². The Bertz CT molecular complexity index is 1040. The van der Waals surface area contributed by atoms with Crippen molar-refractivity contribution in [2.45, 2.75) is 26.2 Å². The molecule has 3 rings (SSSR count). The summed E-state index contributed by atoms with van der Waals surface area (Å²) in [6, 6.07) is 15.0. The average Bonchev–Trinajstić information content (AvgIpc) is 3.31. The van der Waals surface area contributed by atoms with Gasteiger partial charge in [-0.25, -0.2) is 4.98 Å². The number of rotatable bonds is 13. The van der Waals surface area contributed by atoms with E-state index in [1.807, 2.05) is 41.7 Å². The Labute approximate surface area is 204 Å². The number of likely N-dealkylation sites (N-methyl/N-ethyl adjacent to an activating group) is 1. The van der Waals surface area contributed by atoms with Crippen LogP contribution in [-0.4, -0.2) is 54.5 Å². The van der Waals surface area contributed by atoms with Crippen molar-refractivity contribution in [1.82, 2.24) is 10.5 Å². The number of ether oxygens (including phenoxy) is 2. The predicted molar refractivity (Wildman–Crippen MR) is 136 cm³/mol. The number of benzene rings is 2. The Balaban J connectivity index is 1.43. The highest BCUT2D eigenvalue weighted by Gasteiger charge is 2.14. The maximum Gasteiger partial charge on any atom is 0.185 e. The van der Waals surface area contributed by atoms with Gasteiger partial charge in [0.25, 0.3) is 0 Å². The molecule has 0 atom stereocenters. The minimum absolute atomic E-state index is 0.0514. The number of hydrogen-bond donors (Lipinski definition) is 4. The lowest BCUT2D eigenvalue weighted by Crippen LogP contribution is -2.20. The van der Waals surface area contributed by atoms with Crippen LogP contribution in [0.25, 0.3) is 11.3 Å². The van der Waals surface area contributed by atoms with Crippen LogP contribution < -0.4 is 19.9 Å². The van der Waals surface area contributed by atoms with Crippen molar-refractivity contribution >= 4 is 22.3 Å². The molecular formula is C25H32N4O4S. The highest BCUT2D eigenvalue weighted by atomic mass is 32.1. The van der Waals surface area contributed by atoms with Gasteiger partial charge in [0.1, 0.15) is 17.3 Å². The van der Waals surface area contributed by atoms with Crippen LogP contribution in [-0.2, 0) is 6.42 Å². The molecular weight excluding hydrogens is 452 g/mol. The van der Waals surface area contributed by atoms with Gasteiger partial charge in [-0.15, -0.1) is 11.3 Å². The van der Waals surface area contributed by atoms with Crippen molar-refractivity contribution in [3.63, 3.8) is 0 Å². The number of unbranched alkanes of at least 4 members (excludes halogenated alkanes) is 1. The van der Waals surface area contributed by atoms with E-state index >= 15 is 0 Å². The number of anilines is 1. The molecule has 0 saturated heterocycles. The summed E-state index contributed by atoms with van der Waals surface area (Å²) < 4.78 is 11.6. The SMILES string of the molecule is CCc1sc(N(C)CCO)nc1-c1ccc(OCCCCOc2ccc(C(=N)NO)cc2)cc1. The molecule has 0 spiro atoms. The molecule has 2 aromatic carbocycles. The summed E-state index contributed by atoms with van der Waals surface area (Å²) in [7, 11) is 1.94. The number of hydrogen-bond acceptors (Lipinski definition) is 8. The molecule has 4 N–H and O–H groups in total. The van der Waals surface area contributed by atoms with Gasteiger partial charge in [0, 0.05) is 29.6 Å². The monoisotopic (exact) mass is 484 g/mol. The smallest absolute Gasteiger partial charge is 0.185 e. The van der Waals surface area contributed by atoms with Gasteiger partial charge < -0.3 is 19.5 Å². The third-order valence-corrected chi connectivity index (χ3v) is 6.54. The highest BCUT2D eigenvalue weighted by Crippen LogP contribution is 2.33. The number of aromatic nitrogens is 1. The van der Waals surface area contributed by atoms with Crippen molar-refractivity contribution in [2.24, 2.45) is 0 Å². The van der Waals surface area contributed by atoms with E-state index in [-0.39, 0.29) is 12.4 Å². The zero-order chi connectivity index (χ0) is 24.3. The minimum atomic E-state index is -0.0514. The number of aliphatic hydroxyl groups excluding tert-OH is 1. The molecule has 0 saturated carbocycles. The van der Waals surface area contributed by atoms with Gasteiger partial charge in [0.15, 0.2) is 5.13 Å². The van der Waals surface area contributed by atoms with Crippen LogP contribution in [0.2, 0.25) is 0 Å². The fraction of sp³-hybridized carbons (Fsp3) is 0.360. The Morgan fingerprint density at radius 2 is 1.62 bits per heavy atom. The van der Waals surface area contributed by atoms with E-state index in [1.54, 1.807) is 35.6 Å². The molecule has 1 aromatic heterocycles. The molecule has 0 unspecified atom stereocenters. The van der Waals surface area contributed by atoms with Crippen molar-refractivity contribution in [3.8, 4) is 22.8 Å². The van der Waals surface area contributed by atoms with Gasteiger partial charge in [0.05, 0.1) is 25.5 Å². The van der Waals surface area contributed by atoms with E-state index in [2.05, 4.69) is 6.92 Å². The maximum atomic E-state index is 9.18. The molecule has 1 heterocycles. The molecule has 3 aromatic rings. The van der Waals surface area contributed by atoms with Gasteiger partial charge in [-0.05, 0) is 67.8 Å². The highest BCUT2D eigenvalue weighted by molar-refractivity contribution is 7.16. The molecule has 8 nitrogen and oxygen atoms in total. The van der Waals surface area contributed by atoms with E-state index in [9.17, 15) is 5.11 Å². The lowest BCUT2D eigenvalue weighted by Gasteiger charge is -2.13. The lowest BCUT2D eigenvalue weighted by molar-refractivity contribution is 0.234. The molecule has 9 heteroatoms. The fourth-order valence-corrected chi connectivity index (χ4v) is 4.30. The third-order valence-electron chi connectivity index (χ3n) is 5.23. The first-order chi connectivity index (χ1) is 16.5. The molecule has 34 heavy (non-hydrogen) atoms. The maximum absolute atomic E-state index is 9.18. The molecule has 182 valence electrons. The number of thiazole rings is 1. The number of nitrogens with one attached hydrogen (secondary N) is 2. The molecule has 0 radical (unpaired) electrons. The van der Waals surface area contributed by atoms with E-state index < -0.39 is 0 Å². The quantitative estimate of drug-likeness (QED) is 0.124. The van der Waals surface area contributed by atoms with Crippen molar-refractivity contribution in [2.75, 3.05) is 38.3 Å². The second-order valence-corrected chi connectivity index (χ2v) is 8.77. The summed E-state index contributed by atoms with van der Waals surface area (Å²) in [5, 5.41) is 26.4. The number of amidine groups is 1. The number of nitrogens with zero attached hydrogens (tertiary/aromatic N) is 2. The average molecular weight is 485 g/mol. The van der Waals surface area contributed by atoms with Gasteiger partial charge >= 0.3 is 0 Å². The largest absolute Gasteiger partial charge is 0.494 e. The second kappa shape index (κ2) is 12.9. The van der Waals surface area contributed by atoms with E-state index in [1.165, 1.54) is 4.88 Å². The van der Waals surface area contributed by atoms with Crippen LogP contribution in [0.4, 0.5) is 5.13 Å².